The van der Waals surface area contributed by atoms with Gasteiger partial charge >= 0.3 is 5.97 Å². The molecule has 0 unspecified atom stereocenters. The highest BCUT2D eigenvalue weighted by Gasteiger charge is 2.33. The van der Waals surface area contributed by atoms with Crippen molar-refractivity contribution in [2.45, 2.75) is 25.3 Å². The number of para-hydroxylation sites is 1. The van der Waals surface area contributed by atoms with Gasteiger partial charge < -0.3 is 20.4 Å². The predicted molar refractivity (Wildman–Crippen MR) is 98.3 cm³/mol. The van der Waals surface area contributed by atoms with E-state index in [1.165, 1.54) is 12.8 Å². The molecule has 1 heterocycles. The van der Waals surface area contributed by atoms with Crippen LogP contribution < -0.4 is 5.32 Å². The number of nitrogens with one attached hydrogen (secondary N) is 1. The number of aliphatic hydroxyl groups is 1. The van der Waals surface area contributed by atoms with Crippen molar-refractivity contribution in [1.82, 2.24) is 9.80 Å². The van der Waals surface area contributed by atoms with Gasteiger partial charge in [-0.15, -0.1) is 0 Å². The van der Waals surface area contributed by atoms with Crippen LogP contribution in [0.5, 0.6) is 0 Å². The maximum atomic E-state index is 13.0. The molecule has 0 aromatic heterocycles. The quantitative estimate of drug-likeness (QED) is 0.642. The molecule has 1 aromatic carbocycles. The zero-order valence-electron chi connectivity index (χ0n) is 14.9. The third-order valence-electron chi connectivity index (χ3n) is 5.13. The largest absolute Gasteiger partial charge is 0.480 e. The van der Waals surface area contributed by atoms with E-state index in [4.69, 9.17) is 5.11 Å². The molecule has 1 amide bonds. The number of aliphatic carboxylic acids is 1. The van der Waals surface area contributed by atoms with E-state index in [0.717, 1.165) is 19.0 Å². The first kappa shape index (κ1) is 18.7. The van der Waals surface area contributed by atoms with E-state index < -0.39 is 5.97 Å². The Bertz CT molecular complexity index is 647. The molecule has 1 aliphatic heterocycles. The number of anilines is 1. The molecule has 0 radical (unpaired) electrons. The lowest BCUT2D eigenvalue weighted by Crippen LogP contribution is -2.55. The number of carbonyl (C=O) groups is 2. The summed E-state index contributed by atoms with van der Waals surface area (Å²) < 4.78 is 0. The van der Waals surface area contributed by atoms with Crippen molar-refractivity contribution in [2.75, 3.05) is 44.6 Å². The van der Waals surface area contributed by atoms with E-state index >= 15 is 0 Å². The van der Waals surface area contributed by atoms with Crippen LogP contribution in [0.3, 0.4) is 0 Å². The Balaban J connectivity index is 1.68. The summed E-state index contributed by atoms with van der Waals surface area (Å²) in [4.78, 5) is 28.1. The summed E-state index contributed by atoms with van der Waals surface area (Å²) in [6, 6.07) is 7.20. The van der Waals surface area contributed by atoms with Crippen LogP contribution in [0.1, 0.15) is 29.6 Å². The monoisotopic (exact) mass is 361 g/mol. The Morgan fingerprint density at radius 2 is 1.96 bits per heavy atom. The summed E-state index contributed by atoms with van der Waals surface area (Å²) in [7, 11) is 0. The van der Waals surface area contributed by atoms with Gasteiger partial charge in [-0.05, 0) is 37.3 Å². The van der Waals surface area contributed by atoms with Crippen molar-refractivity contribution in [3.63, 3.8) is 0 Å². The second-order valence-corrected chi connectivity index (χ2v) is 7.15. The van der Waals surface area contributed by atoms with Crippen molar-refractivity contribution in [1.29, 1.82) is 0 Å². The molecule has 1 saturated heterocycles. The first-order valence-corrected chi connectivity index (χ1v) is 9.27. The molecule has 142 valence electrons. The van der Waals surface area contributed by atoms with Gasteiger partial charge in [-0.1, -0.05) is 12.1 Å². The lowest BCUT2D eigenvalue weighted by molar-refractivity contribution is -0.134. The number of aliphatic hydroxyl groups excluding tert-OH is 1. The van der Waals surface area contributed by atoms with Crippen molar-refractivity contribution < 1.29 is 19.8 Å². The van der Waals surface area contributed by atoms with Crippen LogP contribution in [0, 0.1) is 5.92 Å². The molecule has 7 nitrogen and oxygen atoms in total. The Hall–Kier alpha value is -2.12. The Morgan fingerprint density at radius 1 is 1.19 bits per heavy atom. The maximum absolute atomic E-state index is 13.0. The molecule has 1 aromatic rings. The molecule has 3 rings (SSSR count). The molecule has 3 N–H and O–H groups in total. The van der Waals surface area contributed by atoms with Gasteiger partial charge in [-0.2, -0.15) is 0 Å². The van der Waals surface area contributed by atoms with Crippen molar-refractivity contribution in [2.24, 2.45) is 5.92 Å². The van der Waals surface area contributed by atoms with Crippen LogP contribution in [0.15, 0.2) is 24.3 Å². The van der Waals surface area contributed by atoms with Gasteiger partial charge in [0.2, 0.25) is 0 Å². The number of carboxylic acid groups (broad SMARTS) is 1. The van der Waals surface area contributed by atoms with Crippen LogP contribution in [-0.2, 0) is 4.79 Å². The van der Waals surface area contributed by atoms with Gasteiger partial charge in [0.15, 0.2) is 0 Å². The minimum absolute atomic E-state index is 0.0903. The molecule has 1 atom stereocenters. The molecule has 1 aliphatic carbocycles. The van der Waals surface area contributed by atoms with Crippen LogP contribution in [-0.4, -0.2) is 77.3 Å². The molecule has 0 spiro atoms. The minimum atomic E-state index is -0.969. The predicted octanol–water partition coefficient (Wildman–Crippen LogP) is 1.10. The topological polar surface area (TPSA) is 93.1 Å². The fourth-order valence-corrected chi connectivity index (χ4v) is 3.54. The van der Waals surface area contributed by atoms with Gasteiger partial charge in [0.05, 0.1) is 5.56 Å². The zero-order valence-corrected chi connectivity index (χ0v) is 14.9. The second kappa shape index (κ2) is 8.51. The number of benzene rings is 1. The smallest absolute Gasteiger partial charge is 0.322 e. The van der Waals surface area contributed by atoms with E-state index in [2.05, 4.69) is 10.2 Å². The molecule has 26 heavy (non-hydrogen) atoms. The van der Waals surface area contributed by atoms with E-state index in [9.17, 15) is 14.7 Å². The standard InChI is InChI=1S/C19H27N3O4/c23-10-7-15-13-22(9-8-21(15)12-14-5-6-14)19(26)16-3-1-2-4-17(16)20-11-18(24)25/h1-4,14-15,20,23H,5-13H2,(H,24,25)/t15-/m0/s1. The molecule has 7 heteroatoms. The summed E-state index contributed by atoms with van der Waals surface area (Å²) >= 11 is 0. The SMILES string of the molecule is O=C(O)CNc1ccccc1C(=O)N1CCN(CC2CC2)[C@@H](CCO)C1. The first-order valence-electron chi connectivity index (χ1n) is 9.27. The second-order valence-electron chi connectivity index (χ2n) is 7.15. The number of piperazine rings is 1. The fourth-order valence-electron chi connectivity index (χ4n) is 3.54. The highest BCUT2D eigenvalue weighted by Crippen LogP contribution is 2.31. The van der Waals surface area contributed by atoms with E-state index in [1.54, 1.807) is 24.3 Å². The number of nitrogens with zero attached hydrogens (tertiary/aromatic N) is 2. The molecule has 2 fully saturated rings. The normalized spacial score (nSPS) is 20.8. The number of rotatable bonds is 8. The van der Waals surface area contributed by atoms with Crippen LogP contribution in [0.4, 0.5) is 5.69 Å². The molecular formula is C19H27N3O4. The lowest BCUT2D eigenvalue weighted by Gasteiger charge is -2.41. The number of carboxylic acids is 1. The summed E-state index contributed by atoms with van der Waals surface area (Å²) in [5.74, 6) is -0.282. The van der Waals surface area contributed by atoms with Crippen LogP contribution >= 0.6 is 0 Å². The fraction of sp³-hybridized carbons (Fsp3) is 0.579. The first-order chi connectivity index (χ1) is 12.6. The highest BCUT2D eigenvalue weighted by atomic mass is 16.4. The Labute approximate surface area is 153 Å². The summed E-state index contributed by atoms with van der Waals surface area (Å²) in [5.41, 5.74) is 1.03. The number of amides is 1. The van der Waals surface area contributed by atoms with E-state index in [-0.39, 0.29) is 25.1 Å². The molecule has 0 bridgehead atoms. The number of carbonyl (C=O) groups excluding carboxylic acids is 1. The van der Waals surface area contributed by atoms with E-state index in [1.807, 2.05) is 4.90 Å². The van der Waals surface area contributed by atoms with Crippen LogP contribution in [0.25, 0.3) is 0 Å². The van der Waals surface area contributed by atoms with Gasteiger partial charge in [0.1, 0.15) is 6.54 Å². The van der Waals surface area contributed by atoms with Crippen molar-refractivity contribution in [3.8, 4) is 0 Å². The average Bonchev–Trinajstić information content (AvgIpc) is 3.45. The lowest BCUT2D eigenvalue weighted by atomic mass is 10.1. The Kier molecular flexibility index (Phi) is 6.11. The van der Waals surface area contributed by atoms with Gasteiger partial charge in [0.25, 0.3) is 5.91 Å². The third kappa shape index (κ3) is 4.74. The third-order valence-corrected chi connectivity index (χ3v) is 5.13. The van der Waals surface area contributed by atoms with Crippen molar-refractivity contribution >= 4 is 17.6 Å². The molecule has 2 aliphatic rings. The molecule has 1 saturated carbocycles. The van der Waals surface area contributed by atoms with Crippen molar-refractivity contribution in [3.05, 3.63) is 29.8 Å². The number of hydrogen-bond donors (Lipinski definition) is 3. The maximum Gasteiger partial charge on any atom is 0.322 e. The number of hydrogen-bond acceptors (Lipinski definition) is 5. The Morgan fingerprint density at radius 3 is 2.65 bits per heavy atom. The van der Waals surface area contributed by atoms with Gasteiger partial charge in [-0.3, -0.25) is 14.5 Å². The summed E-state index contributed by atoms with van der Waals surface area (Å²) in [6.07, 6.45) is 3.23. The average molecular weight is 361 g/mol. The zero-order chi connectivity index (χ0) is 18.5. The summed E-state index contributed by atoms with van der Waals surface area (Å²) in [6.45, 7) is 3.01. The molecular weight excluding hydrogens is 334 g/mol. The van der Waals surface area contributed by atoms with Crippen LogP contribution in [0.2, 0.25) is 0 Å². The highest BCUT2D eigenvalue weighted by molar-refractivity contribution is 6.00. The van der Waals surface area contributed by atoms with Gasteiger partial charge in [0, 0.05) is 44.5 Å². The van der Waals surface area contributed by atoms with Gasteiger partial charge in [-0.25, -0.2) is 0 Å². The minimum Gasteiger partial charge on any atom is -0.480 e. The van der Waals surface area contributed by atoms with E-state index in [0.29, 0.717) is 30.8 Å². The summed E-state index contributed by atoms with van der Waals surface area (Å²) in [5, 5.41) is 21.1.